The summed E-state index contributed by atoms with van der Waals surface area (Å²) in [6.07, 6.45) is 21.9. The Labute approximate surface area is 220 Å². The Morgan fingerprint density at radius 1 is 0.667 bits per heavy atom. The van der Waals surface area contributed by atoms with Gasteiger partial charge in [-0.3, -0.25) is 14.4 Å². The van der Waals surface area contributed by atoms with Crippen LogP contribution < -0.4 is 0 Å². The number of rotatable bonds is 28. The van der Waals surface area contributed by atoms with Gasteiger partial charge in [0.2, 0.25) is 0 Å². The van der Waals surface area contributed by atoms with Crippen LogP contribution in [0.3, 0.4) is 0 Å². The molecule has 0 fully saturated rings. The summed E-state index contributed by atoms with van der Waals surface area (Å²) >= 11 is 0. The summed E-state index contributed by atoms with van der Waals surface area (Å²) in [7, 11) is 0. The van der Waals surface area contributed by atoms with E-state index in [1.807, 2.05) is 0 Å². The molecule has 0 bridgehead atoms. The third kappa shape index (κ3) is 25.5. The maximum Gasteiger partial charge on any atom is 0.306 e. The maximum atomic E-state index is 11.9. The highest BCUT2D eigenvalue weighted by molar-refractivity contribution is 5.70. The summed E-state index contributed by atoms with van der Waals surface area (Å²) in [4.78, 5) is 33.9. The van der Waals surface area contributed by atoms with Crippen molar-refractivity contribution in [1.29, 1.82) is 0 Å². The average Bonchev–Trinajstić information content (AvgIpc) is 2.88. The second-order valence-electron chi connectivity index (χ2n) is 9.81. The molecular formula is C29H54O7. The topological polar surface area (TPSA) is 99.1 Å². The molecule has 212 valence electrons. The van der Waals surface area contributed by atoms with Crippen LogP contribution in [0.15, 0.2) is 0 Å². The number of aliphatic hydroxyl groups is 1. The standard InChI is InChI=1S/C29H54O7/c1-2-3-4-5-6-7-8-9-10-11-12-13-15-18-21-28(32)35-25-27(24-30)36-29(33)22-19-16-14-17-20-23-34-26-31/h26-27,30H,2-25H2,1H3/t27-/m0/s1. The van der Waals surface area contributed by atoms with Gasteiger partial charge >= 0.3 is 11.9 Å². The Balaban J connectivity index is 3.54. The van der Waals surface area contributed by atoms with Crippen LogP contribution in [-0.2, 0) is 28.6 Å². The SMILES string of the molecule is CCCCCCCCCCCCCCCCC(=O)OC[C@H](CO)OC(=O)CCCCCCCOC=O. The van der Waals surface area contributed by atoms with Gasteiger partial charge in [0.25, 0.3) is 6.47 Å². The van der Waals surface area contributed by atoms with Crippen LogP contribution in [0.2, 0.25) is 0 Å². The highest BCUT2D eigenvalue weighted by Gasteiger charge is 2.16. The van der Waals surface area contributed by atoms with Crippen molar-refractivity contribution in [3.63, 3.8) is 0 Å². The lowest BCUT2D eigenvalue weighted by Crippen LogP contribution is -2.28. The van der Waals surface area contributed by atoms with Crippen LogP contribution >= 0.6 is 0 Å². The highest BCUT2D eigenvalue weighted by atomic mass is 16.6. The van der Waals surface area contributed by atoms with E-state index in [2.05, 4.69) is 11.7 Å². The number of aliphatic hydroxyl groups excluding tert-OH is 1. The third-order valence-corrected chi connectivity index (χ3v) is 6.38. The van der Waals surface area contributed by atoms with Gasteiger partial charge in [-0.2, -0.15) is 0 Å². The third-order valence-electron chi connectivity index (χ3n) is 6.38. The molecule has 0 rings (SSSR count). The van der Waals surface area contributed by atoms with Crippen molar-refractivity contribution in [2.24, 2.45) is 0 Å². The van der Waals surface area contributed by atoms with Gasteiger partial charge in [-0.25, -0.2) is 0 Å². The van der Waals surface area contributed by atoms with Crippen LogP contribution in [0, 0.1) is 0 Å². The lowest BCUT2D eigenvalue weighted by molar-refractivity contribution is -0.161. The minimum Gasteiger partial charge on any atom is -0.468 e. The quantitative estimate of drug-likeness (QED) is 0.0529. The zero-order chi connectivity index (χ0) is 26.5. The number of carbonyl (C=O) groups excluding carboxylic acids is 3. The molecule has 0 aromatic carbocycles. The summed E-state index contributed by atoms with van der Waals surface area (Å²) in [5.74, 6) is -0.691. The van der Waals surface area contributed by atoms with Gasteiger partial charge in [0.15, 0.2) is 6.10 Å². The van der Waals surface area contributed by atoms with Gasteiger partial charge in [-0.1, -0.05) is 110 Å². The minimum atomic E-state index is -0.807. The molecule has 0 aliphatic rings. The van der Waals surface area contributed by atoms with Gasteiger partial charge in [-0.15, -0.1) is 0 Å². The number of carbonyl (C=O) groups is 3. The van der Waals surface area contributed by atoms with Crippen molar-refractivity contribution < 1.29 is 33.7 Å². The normalized spacial score (nSPS) is 11.7. The van der Waals surface area contributed by atoms with Crippen LogP contribution in [-0.4, -0.2) is 49.4 Å². The van der Waals surface area contributed by atoms with E-state index in [0.717, 1.165) is 44.9 Å². The molecule has 0 unspecified atom stereocenters. The van der Waals surface area contributed by atoms with Crippen molar-refractivity contribution in [2.45, 2.75) is 148 Å². The van der Waals surface area contributed by atoms with Crippen LogP contribution in [0.1, 0.15) is 142 Å². The molecule has 0 aromatic heterocycles. The number of esters is 2. The van der Waals surface area contributed by atoms with Gasteiger partial charge in [0.1, 0.15) is 6.61 Å². The molecule has 0 amide bonds. The van der Waals surface area contributed by atoms with Crippen LogP contribution in [0.5, 0.6) is 0 Å². The van der Waals surface area contributed by atoms with Crippen molar-refractivity contribution >= 4 is 18.4 Å². The number of hydrogen-bond acceptors (Lipinski definition) is 7. The lowest BCUT2D eigenvalue weighted by atomic mass is 10.0. The van der Waals surface area contributed by atoms with Crippen LogP contribution in [0.4, 0.5) is 0 Å². The highest BCUT2D eigenvalue weighted by Crippen LogP contribution is 2.14. The molecule has 0 radical (unpaired) electrons. The van der Waals surface area contributed by atoms with E-state index < -0.39 is 6.10 Å². The number of ether oxygens (including phenoxy) is 3. The number of unbranched alkanes of at least 4 members (excludes halogenated alkanes) is 17. The Hall–Kier alpha value is -1.63. The van der Waals surface area contributed by atoms with Crippen molar-refractivity contribution in [3.05, 3.63) is 0 Å². The molecule has 0 saturated carbocycles. The molecule has 1 N–H and O–H groups in total. The Morgan fingerprint density at radius 2 is 1.11 bits per heavy atom. The fourth-order valence-electron chi connectivity index (χ4n) is 4.12. The molecule has 36 heavy (non-hydrogen) atoms. The maximum absolute atomic E-state index is 11.9. The Morgan fingerprint density at radius 3 is 1.58 bits per heavy atom. The first-order valence-electron chi connectivity index (χ1n) is 14.6. The molecule has 0 heterocycles. The second kappa shape index (κ2) is 27.9. The minimum absolute atomic E-state index is 0.101. The van der Waals surface area contributed by atoms with E-state index >= 15 is 0 Å². The first-order valence-corrected chi connectivity index (χ1v) is 14.6. The van der Waals surface area contributed by atoms with E-state index in [-0.39, 0.29) is 31.6 Å². The first-order chi connectivity index (χ1) is 17.6. The fourth-order valence-corrected chi connectivity index (χ4v) is 4.12. The van der Waals surface area contributed by atoms with Gasteiger partial charge < -0.3 is 19.3 Å². The van der Waals surface area contributed by atoms with E-state index in [1.54, 1.807) is 0 Å². The van der Waals surface area contributed by atoms with Crippen LogP contribution in [0.25, 0.3) is 0 Å². The molecule has 1 atom stereocenters. The fraction of sp³-hybridized carbons (Fsp3) is 0.897. The molecule has 0 aromatic rings. The molecule has 7 heteroatoms. The van der Waals surface area contributed by atoms with Gasteiger partial charge in [0, 0.05) is 12.8 Å². The summed E-state index contributed by atoms with van der Waals surface area (Å²) in [6, 6.07) is 0. The molecule has 0 aliphatic heterocycles. The van der Waals surface area contributed by atoms with Crippen molar-refractivity contribution in [3.8, 4) is 0 Å². The Bertz CT molecular complexity index is 510. The van der Waals surface area contributed by atoms with Crippen molar-refractivity contribution in [1.82, 2.24) is 0 Å². The van der Waals surface area contributed by atoms with Gasteiger partial charge in [0.05, 0.1) is 13.2 Å². The average molecular weight is 515 g/mol. The van der Waals surface area contributed by atoms with E-state index in [4.69, 9.17) is 9.47 Å². The molecule has 7 nitrogen and oxygen atoms in total. The summed E-state index contributed by atoms with van der Waals surface area (Å²) in [6.45, 7) is 2.67. The summed E-state index contributed by atoms with van der Waals surface area (Å²) in [5.41, 5.74) is 0. The molecular weight excluding hydrogens is 460 g/mol. The van der Waals surface area contributed by atoms with E-state index in [9.17, 15) is 19.5 Å². The van der Waals surface area contributed by atoms with Crippen molar-refractivity contribution in [2.75, 3.05) is 19.8 Å². The molecule has 0 spiro atoms. The zero-order valence-electron chi connectivity index (χ0n) is 23.0. The predicted molar refractivity (Wildman–Crippen MR) is 143 cm³/mol. The number of hydrogen-bond donors (Lipinski definition) is 1. The van der Waals surface area contributed by atoms with Gasteiger partial charge in [-0.05, 0) is 19.3 Å². The summed E-state index contributed by atoms with van der Waals surface area (Å²) < 4.78 is 15.0. The predicted octanol–water partition coefficient (Wildman–Crippen LogP) is 6.82. The largest absolute Gasteiger partial charge is 0.468 e. The molecule has 0 aliphatic carbocycles. The second-order valence-corrected chi connectivity index (χ2v) is 9.81. The monoisotopic (exact) mass is 514 g/mol. The lowest BCUT2D eigenvalue weighted by Gasteiger charge is -2.15. The van der Waals surface area contributed by atoms with E-state index in [1.165, 1.54) is 70.6 Å². The van der Waals surface area contributed by atoms with E-state index in [0.29, 0.717) is 25.9 Å². The summed E-state index contributed by atoms with van der Waals surface area (Å²) in [5, 5.41) is 9.40. The zero-order valence-corrected chi connectivity index (χ0v) is 23.0. The smallest absolute Gasteiger partial charge is 0.306 e. The molecule has 0 saturated heterocycles. The Kier molecular flexibility index (Phi) is 26.7. The first kappa shape index (κ1) is 34.4.